The van der Waals surface area contributed by atoms with E-state index in [1.54, 1.807) is 17.1 Å². The fraction of sp³-hybridized carbons (Fsp3) is 0.250. The summed E-state index contributed by atoms with van der Waals surface area (Å²) in [7, 11) is 0. The molecule has 1 aliphatic rings. The van der Waals surface area contributed by atoms with Crippen LogP contribution in [-0.2, 0) is 11.2 Å². The second-order valence-corrected chi connectivity index (χ2v) is 7.02. The van der Waals surface area contributed by atoms with E-state index in [2.05, 4.69) is 20.3 Å². The van der Waals surface area contributed by atoms with Gasteiger partial charge in [-0.2, -0.15) is 5.10 Å². The molecule has 3 aromatic rings. The maximum absolute atomic E-state index is 12.4. The molecule has 0 unspecified atom stereocenters. The Morgan fingerprint density at radius 3 is 2.89 bits per heavy atom. The number of pyridine rings is 1. The first-order chi connectivity index (χ1) is 13.2. The average molecular weight is 382 g/mol. The number of carbonyl (C=O) groups excluding carboxylic acids is 1. The number of para-hydroxylation sites is 1. The van der Waals surface area contributed by atoms with Crippen LogP contribution in [-0.4, -0.2) is 39.8 Å². The first kappa shape index (κ1) is 17.5. The van der Waals surface area contributed by atoms with Gasteiger partial charge in [-0.3, -0.25) is 4.79 Å². The summed E-state index contributed by atoms with van der Waals surface area (Å²) in [5.74, 6) is 0.779. The number of nitrogens with zero attached hydrogens (tertiary/aromatic N) is 4. The molecule has 0 spiro atoms. The zero-order valence-electron chi connectivity index (χ0n) is 14.8. The lowest BCUT2D eigenvalue weighted by Gasteiger charge is -2.18. The third-order valence-corrected chi connectivity index (χ3v) is 4.91. The van der Waals surface area contributed by atoms with E-state index in [1.165, 1.54) is 0 Å². The van der Waals surface area contributed by atoms with E-state index >= 15 is 0 Å². The molecule has 1 amide bonds. The molecule has 27 heavy (non-hydrogen) atoms. The van der Waals surface area contributed by atoms with Crippen molar-refractivity contribution in [2.75, 3.05) is 18.0 Å². The lowest BCUT2D eigenvalue weighted by atomic mass is 10.2. The summed E-state index contributed by atoms with van der Waals surface area (Å²) in [5, 5.41) is 8.08. The largest absolute Gasteiger partial charge is 0.353 e. The number of amides is 1. The van der Waals surface area contributed by atoms with Crippen molar-refractivity contribution in [3.05, 3.63) is 71.6 Å². The summed E-state index contributed by atoms with van der Waals surface area (Å²) in [5.41, 5.74) is 1.86. The Bertz CT molecular complexity index is 927. The number of carbonyl (C=O) groups is 1. The van der Waals surface area contributed by atoms with E-state index in [1.807, 2.05) is 48.7 Å². The maximum Gasteiger partial charge on any atom is 0.224 e. The van der Waals surface area contributed by atoms with E-state index < -0.39 is 0 Å². The van der Waals surface area contributed by atoms with Crippen LogP contribution in [0.4, 0.5) is 5.82 Å². The van der Waals surface area contributed by atoms with Gasteiger partial charge in [0.05, 0.1) is 23.3 Å². The highest BCUT2D eigenvalue weighted by Crippen LogP contribution is 2.25. The van der Waals surface area contributed by atoms with Crippen LogP contribution in [0.2, 0.25) is 5.02 Å². The molecular formula is C20H20ClN5O. The van der Waals surface area contributed by atoms with Crippen molar-refractivity contribution in [2.24, 2.45) is 0 Å². The second kappa shape index (κ2) is 7.80. The number of benzene rings is 1. The van der Waals surface area contributed by atoms with Gasteiger partial charge >= 0.3 is 0 Å². The van der Waals surface area contributed by atoms with Crippen molar-refractivity contribution in [3.63, 3.8) is 0 Å². The lowest BCUT2D eigenvalue weighted by molar-refractivity contribution is -0.121. The Morgan fingerprint density at radius 1 is 1.22 bits per heavy atom. The number of aromatic nitrogens is 3. The maximum atomic E-state index is 12.4. The summed E-state index contributed by atoms with van der Waals surface area (Å²) in [6, 6.07) is 13.6. The summed E-state index contributed by atoms with van der Waals surface area (Å²) in [6.07, 6.45) is 6.55. The predicted molar refractivity (Wildman–Crippen MR) is 105 cm³/mol. The third kappa shape index (κ3) is 4.11. The molecule has 7 heteroatoms. The highest BCUT2D eigenvalue weighted by molar-refractivity contribution is 6.32. The fourth-order valence-corrected chi connectivity index (χ4v) is 3.56. The summed E-state index contributed by atoms with van der Waals surface area (Å²) in [4.78, 5) is 18.9. The van der Waals surface area contributed by atoms with E-state index in [4.69, 9.17) is 11.6 Å². The average Bonchev–Trinajstić information content (AvgIpc) is 3.33. The van der Waals surface area contributed by atoms with Crippen molar-refractivity contribution >= 4 is 23.3 Å². The zero-order chi connectivity index (χ0) is 18.6. The Balaban J connectivity index is 1.33. The van der Waals surface area contributed by atoms with Crippen molar-refractivity contribution in [1.82, 2.24) is 20.1 Å². The van der Waals surface area contributed by atoms with Crippen LogP contribution >= 0.6 is 11.6 Å². The minimum absolute atomic E-state index is 0.00146. The molecule has 4 rings (SSSR count). The van der Waals surface area contributed by atoms with Crippen LogP contribution in [0.15, 0.2) is 61.1 Å². The Morgan fingerprint density at radius 2 is 2.07 bits per heavy atom. The van der Waals surface area contributed by atoms with Gasteiger partial charge in [0.15, 0.2) is 0 Å². The predicted octanol–water partition coefficient (Wildman–Crippen LogP) is 2.86. The number of hydrogen-bond donors (Lipinski definition) is 1. The van der Waals surface area contributed by atoms with Crippen molar-refractivity contribution < 1.29 is 4.79 Å². The van der Waals surface area contributed by atoms with E-state index in [9.17, 15) is 4.79 Å². The highest BCUT2D eigenvalue weighted by Gasteiger charge is 2.26. The molecule has 2 aromatic heterocycles. The Kier molecular flexibility index (Phi) is 5.07. The minimum Gasteiger partial charge on any atom is -0.353 e. The molecule has 1 N–H and O–H groups in total. The van der Waals surface area contributed by atoms with Crippen molar-refractivity contribution in [1.29, 1.82) is 0 Å². The first-order valence-corrected chi connectivity index (χ1v) is 9.30. The van der Waals surface area contributed by atoms with Gasteiger partial charge in [-0.05, 0) is 36.2 Å². The second-order valence-electron chi connectivity index (χ2n) is 6.61. The van der Waals surface area contributed by atoms with Gasteiger partial charge in [0.25, 0.3) is 0 Å². The molecular weight excluding hydrogens is 362 g/mol. The molecule has 0 radical (unpaired) electrons. The highest BCUT2D eigenvalue weighted by atomic mass is 35.5. The number of halogens is 1. The van der Waals surface area contributed by atoms with E-state index in [0.717, 1.165) is 30.0 Å². The summed E-state index contributed by atoms with van der Waals surface area (Å²) >= 11 is 6.22. The first-order valence-electron chi connectivity index (χ1n) is 8.93. The number of rotatable bonds is 5. The summed E-state index contributed by atoms with van der Waals surface area (Å²) in [6.45, 7) is 1.54. The van der Waals surface area contributed by atoms with Crippen LogP contribution in [0.25, 0.3) is 5.69 Å². The molecule has 6 nitrogen and oxygen atoms in total. The van der Waals surface area contributed by atoms with Crippen LogP contribution in [0.1, 0.15) is 12.0 Å². The lowest BCUT2D eigenvalue weighted by Crippen LogP contribution is -2.38. The third-order valence-electron chi connectivity index (χ3n) is 4.61. The topological polar surface area (TPSA) is 63.1 Å². The summed E-state index contributed by atoms with van der Waals surface area (Å²) < 4.78 is 1.78. The molecule has 1 fully saturated rings. The monoisotopic (exact) mass is 381 g/mol. The molecule has 3 heterocycles. The molecule has 1 aromatic carbocycles. The fourth-order valence-electron chi connectivity index (χ4n) is 3.32. The van der Waals surface area contributed by atoms with Gasteiger partial charge in [-0.15, -0.1) is 0 Å². The molecule has 1 atom stereocenters. The van der Waals surface area contributed by atoms with Gasteiger partial charge in [-0.25, -0.2) is 9.67 Å². The van der Waals surface area contributed by atoms with E-state index in [-0.39, 0.29) is 11.9 Å². The normalized spacial score (nSPS) is 16.5. The van der Waals surface area contributed by atoms with Gasteiger partial charge in [0, 0.05) is 31.5 Å². The number of anilines is 1. The smallest absolute Gasteiger partial charge is 0.224 e. The SMILES string of the molecule is O=C(Cc1cnn(-c2ccccc2)c1)N[C@H]1CCN(c2ncccc2Cl)C1. The Hall–Kier alpha value is -2.86. The van der Waals surface area contributed by atoms with Crippen LogP contribution in [0.3, 0.4) is 0 Å². The molecule has 1 aliphatic heterocycles. The van der Waals surface area contributed by atoms with Crippen LogP contribution in [0.5, 0.6) is 0 Å². The van der Waals surface area contributed by atoms with Crippen LogP contribution in [0, 0.1) is 0 Å². The minimum atomic E-state index is 0.00146. The standard InChI is InChI=1S/C20H20ClN5O/c21-18-7-4-9-22-20(18)25-10-8-16(14-25)24-19(27)11-15-12-23-26(13-15)17-5-2-1-3-6-17/h1-7,9,12-13,16H,8,10-11,14H2,(H,24,27)/t16-/m0/s1. The van der Waals surface area contributed by atoms with Crippen LogP contribution < -0.4 is 10.2 Å². The van der Waals surface area contributed by atoms with Crippen molar-refractivity contribution in [2.45, 2.75) is 18.9 Å². The number of nitrogens with one attached hydrogen (secondary N) is 1. The van der Waals surface area contributed by atoms with Gasteiger partial charge in [0.2, 0.25) is 5.91 Å². The Labute approximate surface area is 162 Å². The van der Waals surface area contributed by atoms with Crippen molar-refractivity contribution in [3.8, 4) is 5.69 Å². The molecule has 0 bridgehead atoms. The van der Waals surface area contributed by atoms with Gasteiger partial charge in [0.1, 0.15) is 5.82 Å². The van der Waals surface area contributed by atoms with Gasteiger partial charge < -0.3 is 10.2 Å². The molecule has 1 saturated heterocycles. The van der Waals surface area contributed by atoms with Gasteiger partial charge in [-0.1, -0.05) is 29.8 Å². The molecule has 0 aliphatic carbocycles. The molecule has 138 valence electrons. The molecule has 0 saturated carbocycles. The number of hydrogen-bond acceptors (Lipinski definition) is 4. The van der Waals surface area contributed by atoms with E-state index in [0.29, 0.717) is 18.0 Å². The zero-order valence-corrected chi connectivity index (χ0v) is 15.5. The quantitative estimate of drug-likeness (QED) is 0.738.